The third kappa shape index (κ3) is 8.28. The highest BCUT2D eigenvalue weighted by Crippen LogP contribution is 2.02. The number of carbonyl (C=O) groups is 1. The number of guanidine groups is 1. The van der Waals surface area contributed by atoms with Crippen LogP contribution in [0.25, 0.3) is 0 Å². The Morgan fingerprint density at radius 1 is 0.962 bits per heavy atom. The summed E-state index contributed by atoms with van der Waals surface area (Å²) in [5, 5.41) is 9.03. The molecule has 2 aromatic carbocycles. The number of nitrogens with zero attached hydrogens (tertiary/aromatic N) is 1. The third-order valence-electron chi connectivity index (χ3n) is 3.55. The molecule has 0 spiro atoms. The highest BCUT2D eigenvalue weighted by atomic mass is 127. The van der Waals surface area contributed by atoms with Gasteiger partial charge in [-0.1, -0.05) is 42.5 Å². The van der Waals surface area contributed by atoms with Crippen LogP contribution < -0.4 is 16.0 Å². The molecule has 0 unspecified atom stereocenters. The van der Waals surface area contributed by atoms with Gasteiger partial charge >= 0.3 is 0 Å². The first-order valence-electron chi connectivity index (χ1n) is 8.17. The number of hydrogen-bond acceptors (Lipinski definition) is 2. The summed E-state index contributed by atoms with van der Waals surface area (Å²) in [6.45, 7) is 1.44. The van der Waals surface area contributed by atoms with E-state index in [0.29, 0.717) is 32.0 Å². The zero-order valence-electron chi connectivity index (χ0n) is 14.7. The third-order valence-corrected chi connectivity index (χ3v) is 3.55. The minimum absolute atomic E-state index is 0. The van der Waals surface area contributed by atoms with Gasteiger partial charge in [0.1, 0.15) is 5.82 Å². The second-order valence-electron chi connectivity index (χ2n) is 5.49. The van der Waals surface area contributed by atoms with Crippen molar-refractivity contribution in [2.75, 3.05) is 13.6 Å². The van der Waals surface area contributed by atoms with Crippen molar-refractivity contribution in [1.82, 2.24) is 16.0 Å². The summed E-state index contributed by atoms with van der Waals surface area (Å²) in [5.74, 6) is 0.273. The van der Waals surface area contributed by atoms with E-state index in [1.54, 1.807) is 13.1 Å². The summed E-state index contributed by atoms with van der Waals surface area (Å²) in [6, 6.07) is 16.1. The van der Waals surface area contributed by atoms with Crippen molar-refractivity contribution in [3.05, 3.63) is 71.5 Å². The first-order chi connectivity index (χ1) is 12.2. The van der Waals surface area contributed by atoms with E-state index in [0.717, 1.165) is 11.1 Å². The van der Waals surface area contributed by atoms with Gasteiger partial charge in [0.2, 0.25) is 5.91 Å². The predicted molar refractivity (Wildman–Crippen MR) is 113 cm³/mol. The average Bonchev–Trinajstić information content (AvgIpc) is 2.63. The molecule has 1 amide bonds. The summed E-state index contributed by atoms with van der Waals surface area (Å²) in [5.41, 5.74) is 1.89. The van der Waals surface area contributed by atoms with Gasteiger partial charge in [-0.05, 0) is 23.3 Å². The average molecular weight is 470 g/mol. The Hall–Kier alpha value is -2.16. The topological polar surface area (TPSA) is 65.5 Å². The molecule has 0 bridgehead atoms. The molecule has 140 valence electrons. The van der Waals surface area contributed by atoms with Crippen LogP contribution in [0.15, 0.2) is 59.6 Å². The monoisotopic (exact) mass is 470 g/mol. The first kappa shape index (κ1) is 21.9. The first-order valence-corrected chi connectivity index (χ1v) is 8.17. The zero-order chi connectivity index (χ0) is 17.9. The minimum atomic E-state index is -0.266. The number of benzene rings is 2. The lowest BCUT2D eigenvalue weighted by atomic mass is 10.2. The minimum Gasteiger partial charge on any atom is -0.356 e. The van der Waals surface area contributed by atoms with Gasteiger partial charge in [0.25, 0.3) is 0 Å². The number of aliphatic imine (C=N–C) groups is 1. The maximum Gasteiger partial charge on any atom is 0.222 e. The van der Waals surface area contributed by atoms with Crippen molar-refractivity contribution in [2.45, 2.75) is 19.5 Å². The van der Waals surface area contributed by atoms with Crippen molar-refractivity contribution in [3.8, 4) is 0 Å². The van der Waals surface area contributed by atoms with Crippen LogP contribution in [0.1, 0.15) is 17.5 Å². The van der Waals surface area contributed by atoms with Crippen LogP contribution in [-0.2, 0) is 17.9 Å². The fraction of sp³-hybridized carbons (Fsp3) is 0.263. The van der Waals surface area contributed by atoms with Gasteiger partial charge in [0, 0.05) is 33.1 Å². The number of hydrogen-bond donors (Lipinski definition) is 3. The number of halogens is 2. The van der Waals surface area contributed by atoms with Crippen LogP contribution in [0.5, 0.6) is 0 Å². The normalized spacial score (nSPS) is 10.6. The van der Waals surface area contributed by atoms with E-state index >= 15 is 0 Å². The van der Waals surface area contributed by atoms with E-state index in [4.69, 9.17) is 0 Å². The number of amides is 1. The number of nitrogens with one attached hydrogen (secondary N) is 3. The van der Waals surface area contributed by atoms with Crippen LogP contribution in [0.2, 0.25) is 0 Å². The smallest absolute Gasteiger partial charge is 0.222 e. The molecule has 7 heteroatoms. The number of rotatable bonds is 7. The van der Waals surface area contributed by atoms with E-state index in [9.17, 15) is 9.18 Å². The standard InChI is InChI=1S/C19H23FN4O.HI/c1-21-19(24-14-16-8-5-9-17(20)12-16)22-11-10-18(25)23-13-15-6-3-2-4-7-15;/h2-9,12H,10-11,13-14H2,1H3,(H,23,25)(H2,21,22,24);1H. The fourth-order valence-corrected chi connectivity index (χ4v) is 2.23. The highest BCUT2D eigenvalue weighted by molar-refractivity contribution is 14.0. The lowest BCUT2D eigenvalue weighted by Crippen LogP contribution is -2.38. The molecule has 26 heavy (non-hydrogen) atoms. The molecule has 5 nitrogen and oxygen atoms in total. The van der Waals surface area contributed by atoms with E-state index in [1.807, 2.05) is 36.4 Å². The van der Waals surface area contributed by atoms with Crippen LogP contribution in [0, 0.1) is 5.82 Å². The molecule has 0 radical (unpaired) electrons. The van der Waals surface area contributed by atoms with Gasteiger partial charge in [-0.3, -0.25) is 9.79 Å². The Kier molecular flexibility index (Phi) is 10.3. The molecule has 0 aliphatic heterocycles. The highest BCUT2D eigenvalue weighted by Gasteiger charge is 2.03. The van der Waals surface area contributed by atoms with E-state index in [2.05, 4.69) is 20.9 Å². The summed E-state index contributed by atoms with van der Waals surface area (Å²) in [7, 11) is 1.65. The van der Waals surface area contributed by atoms with Crippen LogP contribution in [0.3, 0.4) is 0 Å². The molecule has 2 aromatic rings. The summed E-state index contributed by atoms with van der Waals surface area (Å²) in [4.78, 5) is 15.9. The molecule has 0 saturated heterocycles. The maximum atomic E-state index is 13.1. The van der Waals surface area contributed by atoms with E-state index < -0.39 is 0 Å². The molecule has 0 fully saturated rings. The van der Waals surface area contributed by atoms with Gasteiger partial charge < -0.3 is 16.0 Å². The summed E-state index contributed by atoms with van der Waals surface area (Å²) < 4.78 is 13.1. The Labute approximate surface area is 170 Å². The summed E-state index contributed by atoms with van der Waals surface area (Å²) >= 11 is 0. The number of carbonyl (C=O) groups excluding carboxylic acids is 1. The molecular formula is C19H24FIN4O. The van der Waals surface area contributed by atoms with Gasteiger partial charge in [0.05, 0.1) is 0 Å². The quantitative estimate of drug-likeness (QED) is 0.332. The predicted octanol–water partition coefficient (Wildman–Crippen LogP) is 2.82. The van der Waals surface area contributed by atoms with Gasteiger partial charge in [-0.2, -0.15) is 0 Å². The molecule has 0 saturated carbocycles. The van der Waals surface area contributed by atoms with Crippen LogP contribution in [0.4, 0.5) is 4.39 Å². The Morgan fingerprint density at radius 2 is 1.65 bits per heavy atom. The van der Waals surface area contributed by atoms with Gasteiger partial charge in [-0.15, -0.1) is 24.0 Å². The molecular weight excluding hydrogens is 446 g/mol. The van der Waals surface area contributed by atoms with Crippen molar-refractivity contribution in [3.63, 3.8) is 0 Å². The van der Waals surface area contributed by atoms with Crippen molar-refractivity contribution < 1.29 is 9.18 Å². The zero-order valence-corrected chi connectivity index (χ0v) is 17.0. The van der Waals surface area contributed by atoms with Gasteiger partial charge in [0.15, 0.2) is 5.96 Å². The van der Waals surface area contributed by atoms with E-state index in [1.165, 1.54) is 12.1 Å². The lowest BCUT2D eigenvalue weighted by Gasteiger charge is -2.12. The van der Waals surface area contributed by atoms with E-state index in [-0.39, 0.29) is 35.7 Å². The van der Waals surface area contributed by atoms with Crippen molar-refractivity contribution in [2.24, 2.45) is 4.99 Å². The molecule has 0 aliphatic rings. The maximum absolute atomic E-state index is 13.1. The molecule has 3 N–H and O–H groups in total. The Morgan fingerprint density at radius 3 is 2.35 bits per heavy atom. The molecule has 0 heterocycles. The lowest BCUT2D eigenvalue weighted by molar-refractivity contribution is -0.121. The van der Waals surface area contributed by atoms with Crippen LogP contribution >= 0.6 is 24.0 Å². The second-order valence-corrected chi connectivity index (χ2v) is 5.49. The largest absolute Gasteiger partial charge is 0.356 e. The van der Waals surface area contributed by atoms with Crippen molar-refractivity contribution >= 4 is 35.8 Å². The van der Waals surface area contributed by atoms with Gasteiger partial charge in [-0.25, -0.2) is 4.39 Å². The molecule has 2 rings (SSSR count). The molecule has 0 aromatic heterocycles. The SMILES string of the molecule is CN=C(NCCC(=O)NCc1ccccc1)NCc1cccc(F)c1.I. The molecule has 0 atom stereocenters. The van der Waals surface area contributed by atoms with Crippen LogP contribution in [-0.4, -0.2) is 25.5 Å². The Balaban J connectivity index is 0.00000338. The second kappa shape index (κ2) is 12.2. The van der Waals surface area contributed by atoms with Crippen molar-refractivity contribution in [1.29, 1.82) is 0 Å². The summed E-state index contributed by atoms with van der Waals surface area (Å²) in [6.07, 6.45) is 0.341. The fourth-order valence-electron chi connectivity index (χ4n) is 2.23. The Bertz CT molecular complexity index is 710. The molecule has 0 aliphatic carbocycles.